The van der Waals surface area contributed by atoms with Crippen LogP contribution in [0.2, 0.25) is 0 Å². The number of rotatable bonds is 5. The molecule has 3 heteroatoms. The molecule has 106 valence electrons. The Labute approximate surface area is 115 Å². The third-order valence-corrected chi connectivity index (χ3v) is 3.75. The van der Waals surface area contributed by atoms with Crippen LogP contribution in [0.25, 0.3) is 0 Å². The van der Waals surface area contributed by atoms with Crippen LogP contribution in [0.4, 0.5) is 4.39 Å². The average Bonchev–Trinajstić information content (AvgIpc) is 2.36. The van der Waals surface area contributed by atoms with Gasteiger partial charge >= 0.3 is 0 Å². The van der Waals surface area contributed by atoms with Crippen LogP contribution >= 0.6 is 0 Å². The maximum Gasteiger partial charge on any atom is 0.123 e. The minimum Gasteiger partial charge on any atom is -0.375 e. The molecule has 0 spiro atoms. The van der Waals surface area contributed by atoms with Gasteiger partial charge in [0.2, 0.25) is 0 Å². The number of hydrogen-bond acceptors (Lipinski definition) is 2. The molecule has 0 aliphatic carbocycles. The minimum atomic E-state index is -0.183. The predicted octanol–water partition coefficient (Wildman–Crippen LogP) is 3.31. The summed E-state index contributed by atoms with van der Waals surface area (Å²) >= 11 is 0. The first-order chi connectivity index (χ1) is 9.11. The van der Waals surface area contributed by atoms with Crippen molar-refractivity contribution in [3.05, 3.63) is 35.6 Å². The summed E-state index contributed by atoms with van der Waals surface area (Å²) in [7, 11) is 0. The van der Waals surface area contributed by atoms with Gasteiger partial charge in [0.15, 0.2) is 0 Å². The number of benzene rings is 1. The van der Waals surface area contributed by atoms with Gasteiger partial charge in [-0.1, -0.05) is 19.1 Å². The molecule has 1 heterocycles. The smallest absolute Gasteiger partial charge is 0.123 e. The Kier molecular flexibility index (Phi) is 4.94. The molecule has 0 amide bonds. The van der Waals surface area contributed by atoms with E-state index in [1.807, 2.05) is 6.07 Å². The second-order valence-corrected chi connectivity index (χ2v) is 5.75. The standard InChI is InChI=1S/C16H24FNO/c1-3-8-18-15-7-9-19-16(2,12-15)11-13-5-4-6-14(17)10-13/h4-6,10,15,18H,3,7-9,11-12H2,1-2H3. The maximum absolute atomic E-state index is 13.2. The zero-order valence-electron chi connectivity index (χ0n) is 11.9. The molecule has 0 saturated carbocycles. The molecule has 1 fully saturated rings. The molecule has 0 aromatic heterocycles. The van der Waals surface area contributed by atoms with Crippen LogP contribution in [0.5, 0.6) is 0 Å². The van der Waals surface area contributed by atoms with Crippen LogP contribution in [-0.4, -0.2) is 24.8 Å². The number of halogens is 1. The fourth-order valence-corrected chi connectivity index (χ4v) is 2.85. The Bertz CT molecular complexity index is 409. The predicted molar refractivity (Wildman–Crippen MR) is 75.8 cm³/mol. The summed E-state index contributed by atoms with van der Waals surface area (Å²) < 4.78 is 19.2. The highest BCUT2D eigenvalue weighted by Crippen LogP contribution is 2.28. The van der Waals surface area contributed by atoms with Crippen LogP contribution in [0.15, 0.2) is 24.3 Å². The Morgan fingerprint density at radius 1 is 1.47 bits per heavy atom. The van der Waals surface area contributed by atoms with Crippen molar-refractivity contribution >= 4 is 0 Å². The van der Waals surface area contributed by atoms with E-state index in [1.54, 1.807) is 12.1 Å². The van der Waals surface area contributed by atoms with Crippen LogP contribution in [0.1, 0.15) is 38.7 Å². The molecule has 1 aliphatic heterocycles. The van der Waals surface area contributed by atoms with Gasteiger partial charge in [-0.05, 0) is 50.4 Å². The van der Waals surface area contributed by atoms with Gasteiger partial charge in [0.05, 0.1) is 5.60 Å². The van der Waals surface area contributed by atoms with Crippen LogP contribution < -0.4 is 5.32 Å². The Morgan fingerprint density at radius 2 is 2.32 bits per heavy atom. The van der Waals surface area contributed by atoms with Gasteiger partial charge in [-0.15, -0.1) is 0 Å². The second kappa shape index (κ2) is 6.49. The first kappa shape index (κ1) is 14.5. The molecular weight excluding hydrogens is 241 g/mol. The Morgan fingerprint density at radius 3 is 3.05 bits per heavy atom. The van der Waals surface area contributed by atoms with Gasteiger partial charge in [0.1, 0.15) is 5.82 Å². The quantitative estimate of drug-likeness (QED) is 0.882. The summed E-state index contributed by atoms with van der Waals surface area (Å²) in [4.78, 5) is 0. The van der Waals surface area contributed by atoms with Crippen molar-refractivity contribution in [2.75, 3.05) is 13.2 Å². The fourth-order valence-electron chi connectivity index (χ4n) is 2.85. The van der Waals surface area contributed by atoms with Crippen molar-refractivity contribution in [1.29, 1.82) is 0 Å². The van der Waals surface area contributed by atoms with Gasteiger partial charge in [-0.3, -0.25) is 0 Å². The van der Waals surface area contributed by atoms with Crippen molar-refractivity contribution in [3.8, 4) is 0 Å². The van der Waals surface area contributed by atoms with Crippen LogP contribution in [0.3, 0.4) is 0 Å². The van der Waals surface area contributed by atoms with Gasteiger partial charge in [0.25, 0.3) is 0 Å². The zero-order valence-corrected chi connectivity index (χ0v) is 11.9. The molecule has 1 N–H and O–H groups in total. The van der Waals surface area contributed by atoms with Gasteiger partial charge < -0.3 is 10.1 Å². The molecule has 2 rings (SSSR count). The molecule has 1 aromatic rings. The van der Waals surface area contributed by atoms with E-state index in [2.05, 4.69) is 19.2 Å². The summed E-state index contributed by atoms with van der Waals surface area (Å²) in [6.07, 6.45) is 3.98. The topological polar surface area (TPSA) is 21.3 Å². The SMILES string of the molecule is CCCNC1CCOC(C)(Cc2cccc(F)c2)C1. The third kappa shape index (κ3) is 4.29. The van der Waals surface area contributed by atoms with Crippen molar-refractivity contribution in [2.24, 2.45) is 0 Å². The largest absolute Gasteiger partial charge is 0.375 e. The Balaban J connectivity index is 1.97. The normalized spacial score (nSPS) is 27.4. The molecule has 0 radical (unpaired) electrons. The first-order valence-electron chi connectivity index (χ1n) is 7.23. The molecule has 19 heavy (non-hydrogen) atoms. The van der Waals surface area contributed by atoms with Crippen molar-refractivity contribution in [2.45, 2.75) is 51.2 Å². The third-order valence-electron chi connectivity index (χ3n) is 3.75. The molecule has 2 atom stereocenters. The van der Waals surface area contributed by atoms with Crippen LogP contribution in [-0.2, 0) is 11.2 Å². The molecular formula is C16H24FNO. The summed E-state index contributed by atoms with van der Waals surface area (Å²) in [5, 5.41) is 3.57. The van der Waals surface area contributed by atoms with E-state index < -0.39 is 0 Å². The highest BCUT2D eigenvalue weighted by atomic mass is 19.1. The van der Waals surface area contributed by atoms with E-state index in [9.17, 15) is 4.39 Å². The summed E-state index contributed by atoms with van der Waals surface area (Å²) in [5.41, 5.74) is 0.830. The minimum absolute atomic E-state index is 0.169. The van der Waals surface area contributed by atoms with E-state index in [1.165, 1.54) is 6.07 Å². The van der Waals surface area contributed by atoms with Crippen molar-refractivity contribution in [1.82, 2.24) is 5.32 Å². The van der Waals surface area contributed by atoms with Crippen molar-refractivity contribution in [3.63, 3.8) is 0 Å². The van der Waals surface area contributed by atoms with E-state index >= 15 is 0 Å². The van der Waals surface area contributed by atoms with Crippen molar-refractivity contribution < 1.29 is 9.13 Å². The number of ether oxygens (including phenoxy) is 1. The summed E-state index contributed by atoms with van der Waals surface area (Å²) in [6.45, 7) is 6.16. The molecule has 1 aliphatic rings. The van der Waals surface area contributed by atoms with E-state index in [0.717, 1.165) is 44.4 Å². The highest BCUT2D eigenvalue weighted by molar-refractivity contribution is 5.18. The fraction of sp³-hybridized carbons (Fsp3) is 0.625. The molecule has 2 unspecified atom stereocenters. The van der Waals surface area contributed by atoms with Gasteiger partial charge in [-0.25, -0.2) is 4.39 Å². The first-order valence-corrected chi connectivity index (χ1v) is 7.23. The maximum atomic E-state index is 13.2. The molecule has 0 bridgehead atoms. The molecule has 1 saturated heterocycles. The van der Waals surface area contributed by atoms with Gasteiger partial charge in [0, 0.05) is 19.1 Å². The summed E-state index contributed by atoms with van der Waals surface area (Å²) in [5.74, 6) is -0.169. The summed E-state index contributed by atoms with van der Waals surface area (Å²) in [6, 6.07) is 7.36. The lowest BCUT2D eigenvalue weighted by Crippen LogP contribution is -2.46. The molecule has 2 nitrogen and oxygen atoms in total. The number of nitrogens with one attached hydrogen (secondary N) is 1. The lowest BCUT2D eigenvalue weighted by molar-refractivity contribution is -0.0752. The second-order valence-electron chi connectivity index (χ2n) is 5.75. The lowest BCUT2D eigenvalue weighted by atomic mass is 9.86. The van der Waals surface area contributed by atoms with Gasteiger partial charge in [-0.2, -0.15) is 0 Å². The van der Waals surface area contributed by atoms with E-state index in [0.29, 0.717) is 6.04 Å². The van der Waals surface area contributed by atoms with E-state index in [4.69, 9.17) is 4.74 Å². The van der Waals surface area contributed by atoms with E-state index in [-0.39, 0.29) is 11.4 Å². The molecule has 1 aromatic carbocycles. The average molecular weight is 265 g/mol. The monoisotopic (exact) mass is 265 g/mol. The highest BCUT2D eigenvalue weighted by Gasteiger charge is 2.33. The van der Waals surface area contributed by atoms with Crippen LogP contribution in [0, 0.1) is 5.82 Å². The lowest BCUT2D eigenvalue weighted by Gasteiger charge is -2.39. The number of hydrogen-bond donors (Lipinski definition) is 1. The zero-order chi connectivity index (χ0) is 13.7. The Hall–Kier alpha value is -0.930.